The van der Waals surface area contributed by atoms with E-state index in [0.29, 0.717) is 19.4 Å². The molecule has 1 aromatic carbocycles. The minimum absolute atomic E-state index is 0.112. The van der Waals surface area contributed by atoms with Crippen LogP contribution in [0.3, 0.4) is 0 Å². The number of nitrogens with two attached hydrogens (primary N) is 1. The molecule has 30 heavy (non-hydrogen) atoms. The van der Waals surface area contributed by atoms with Gasteiger partial charge in [0.1, 0.15) is 0 Å². The third-order valence-corrected chi connectivity index (χ3v) is 5.23. The third kappa shape index (κ3) is 7.91. The average Bonchev–Trinajstić information content (AvgIpc) is 2.74. The number of amides is 2. The number of nitrogens with zero attached hydrogens (tertiary/aromatic N) is 1. The molecule has 7 heteroatoms. The highest BCUT2D eigenvalue weighted by Gasteiger charge is 2.33. The van der Waals surface area contributed by atoms with Crippen molar-refractivity contribution in [3.63, 3.8) is 0 Å². The number of pyridine rings is 1. The molecule has 0 fully saturated rings. The number of aliphatic hydroxyl groups excluding tert-OH is 1. The van der Waals surface area contributed by atoms with Crippen LogP contribution in [-0.2, 0) is 22.6 Å². The lowest BCUT2D eigenvalue weighted by Gasteiger charge is -2.23. The van der Waals surface area contributed by atoms with E-state index in [9.17, 15) is 19.1 Å². The van der Waals surface area contributed by atoms with Crippen molar-refractivity contribution in [2.24, 2.45) is 11.7 Å². The molecule has 0 radical (unpaired) electrons. The van der Waals surface area contributed by atoms with E-state index in [2.05, 4.69) is 10.3 Å². The molecule has 4 N–H and O–H groups in total. The highest BCUT2D eigenvalue weighted by atomic mass is 19.1. The van der Waals surface area contributed by atoms with Crippen molar-refractivity contribution in [1.29, 1.82) is 0 Å². The first-order valence-corrected chi connectivity index (χ1v) is 10.2. The summed E-state index contributed by atoms with van der Waals surface area (Å²) in [5.41, 5.74) is 4.90. The molecule has 1 heterocycles. The molecule has 0 bridgehead atoms. The van der Waals surface area contributed by atoms with Gasteiger partial charge in [-0.05, 0) is 62.3 Å². The Labute approximate surface area is 176 Å². The Morgan fingerprint density at radius 1 is 1.13 bits per heavy atom. The first kappa shape index (κ1) is 23.5. The highest BCUT2D eigenvalue weighted by molar-refractivity contribution is 5.83. The predicted octanol–water partition coefficient (Wildman–Crippen LogP) is 2.69. The quantitative estimate of drug-likeness (QED) is 0.496. The molecular formula is C23H30FN3O3. The molecule has 0 saturated heterocycles. The molecule has 2 amide bonds. The van der Waals surface area contributed by atoms with E-state index in [1.165, 1.54) is 0 Å². The zero-order valence-corrected chi connectivity index (χ0v) is 17.3. The van der Waals surface area contributed by atoms with Crippen molar-refractivity contribution in [3.05, 3.63) is 66.0 Å². The first-order valence-electron chi connectivity index (χ1n) is 10.2. The van der Waals surface area contributed by atoms with Crippen LogP contribution in [0.1, 0.15) is 43.7 Å². The molecule has 0 saturated carbocycles. The molecule has 0 aliphatic heterocycles. The van der Waals surface area contributed by atoms with Crippen molar-refractivity contribution in [1.82, 2.24) is 10.3 Å². The molecule has 162 valence electrons. The minimum atomic E-state index is -2.20. The van der Waals surface area contributed by atoms with Gasteiger partial charge in [0.25, 0.3) is 5.91 Å². The number of carbonyl (C=O) groups is 2. The molecule has 0 aliphatic rings. The summed E-state index contributed by atoms with van der Waals surface area (Å²) in [6.07, 6.45) is 3.82. The number of aromatic nitrogens is 1. The Kier molecular flexibility index (Phi) is 8.92. The van der Waals surface area contributed by atoms with Gasteiger partial charge in [0, 0.05) is 24.9 Å². The van der Waals surface area contributed by atoms with Crippen LogP contribution < -0.4 is 11.1 Å². The number of carbonyl (C=O) groups excluding carboxylic acids is 2. The fourth-order valence-corrected chi connectivity index (χ4v) is 3.18. The molecule has 6 nitrogen and oxygen atoms in total. The zero-order chi connectivity index (χ0) is 22.0. The van der Waals surface area contributed by atoms with Crippen LogP contribution >= 0.6 is 0 Å². The van der Waals surface area contributed by atoms with Gasteiger partial charge in [-0.15, -0.1) is 0 Å². The third-order valence-electron chi connectivity index (χ3n) is 5.23. The zero-order valence-electron chi connectivity index (χ0n) is 17.3. The monoisotopic (exact) mass is 415 g/mol. The Balaban J connectivity index is 1.96. The second kappa shape index (κ2) is 11.4. The highest BCUT2D eigenvalue weighted by Crippen LogP contribution is 2.24. The summed E-state index contributed by atoms with van der Waals surface area (Å²) in [6, 6.07) is 13.3. The fourth-order valence-electron chi connectivity index (χ4n) is 3.18. The molecule has 2 aromatic rings. The molecule has 1 unspecified atom stereocenters. The van der Waals surface area contributed by atoms with E-state index in [1.807, 2.05) is 30.3 Å². The van der Waals surface area contributed by atoms with Gasteiger partial charge in [-0.1, -0.05) is 30.3 Å². The van der Waals surface area contributed by atoms with Crippen LogP contribution in [0.4, 0.5) is 4.39 Å². The number of alkyl halides is 1. The molecular weight excluding hydrogens is 385 g/mol. The average molecular weight is 416 g/mol. The van der Waals surface area contributed by atoms with Crippen molar-refractivity contribution in [3.8, 4) is 0 Å². The number of aryl methyl sites for hydroxylation is 1. The number of hydrogen-bond donors (Lipinski definition) is 3. The van der Waals surface area contributed by atoms with Crippen molar-refractivity contribution in [2.75, 3.05) is 0 Å². The summed E-state index contributed by atoms with van der Waals surface area (Å²) in [5.74, 6) is -1.97. The van der Waals surface area contributed by atoms with Gasteiger partial charge >= 0.3 is 0 Å². The van der Waals surface area contributed by atoms with Gasteiger partial charge in [0.15, 0.2) is 5.67 Å². The molecule has 3 atom stereocenters. The van der Waals surface area contributed by atoms with Crippen LogP contribution in [0, 0.1) is 5.92 Å². The Morgan fingerprint density at radius 2 is 1.80 bits per heavy atom. The van der Waals surface area contributed by atoms with E-state index in [-0.39, 0.29) is 25.2 Å². The second-order valence-corrected chi connectivity index (χ2v) is 7.78. The van der Waals surface area contributed by atoms with Gasteiger partial charge in [-0.2, -0.15) is 0 Å². The summed E-state index contributed by atoms with van der Waals surface area (Å²) >= 11 is 0. The number of aliphatic hydroxyl groups is 1. The van der Waals surface area contributed by atoms with Crippen molar-refractivity contribution in [2.45, 2.75) is 57.3 Å². The predicted molar refractivity (Wildman–Crippen MR) is 113 cm³/mol. The maximum absolute atomic E-state index is 14.3. The second-order valence-electron chi connectivity index (χ2n) is 7.78. The summed E-state index contributed by atoms with van der Waals surface area (Å²) in [6.45, 7) is 1.42. The number of benzene rings is 1. The van der Waals surface area contributed by atoms with Crippen LogP contribution in [0.5, 0.6) is 0 Å². The number of rotatable bonds is 12. The van der Waals surface area contributed by atoms with Gasteiger partial charge in [0.05, 0.1) is 6.10 Å². The van der Waals surface area contributed by atoms with E-state index in [1.54, 1.807) is 24.5 Å². The van der Waals surface area contributed by atoms with Crippen LogP contribution in [-0.4, -0.2) is 33.7 Å². The maximum atomic E-state index is 14.3. The van der Waals surface area contributed by atoms with E-state index < -0.39 is 23.6 Å². The van der Waals surface area contributed by atoms with Crippen LogP contribution in [0.15, 0.2) is 54.9 Å². The van der Waals surface area contributed by atoms with Gasteiger partial charge < -0.3 is 16.2 Å². The van der Waals surface area contributed by atoms with Crippen molar-refractivity contribution < 1.29 is 19.1 Å². The summed E-state index contributed by atoms with van der Waals surface area (Å²) < 4.78 is 14.3. The SMILES string of the molecule is CC(F)(CC[C@H](C[C@@H](O)CCc1ccccc1)C(=O)NCc1ccncc1)C(N)=O. The number of halogens is 1. The van der Waals surface area contributed by atoms with Crippen LogP contribution in [0.2, 0.25) is 0 Å². The number of primary amides is 1. The maximum Gasteiger partial charge on any atom is 0.254 e. The van der Waals surface area contributed by atoms with Gasteiger partial charge in [-0.25, -0.2) is 4.39 Å². The Morgan fingerprint density at radius 3 is 2.43 bits per heavy atom. The Hall–Kier alpha value is -2.80. The van der Waals surface area contributed by atoms with E-state index in [0.717, 1.165) is 18.1 Å². The topological polar surface area (TPSA) is 105 Å². The first-order chi connectivity index (χ1) is 14.3. The summed E-state index contributed by atoms with van der Waals surface area (Å²) in [7, 11) is 0. The molecule has 1 aromatic heterocycles. The van der Waals surface area contributed by atoms with Crippen LogP contribution in [0.25, 0.3) is 0 Å². The smallest absolute Gasteiger partial charge is 0.254 e. The standard InChI is InChI=1S/C23H30FN3O3/c1-23(24,22(25)30)12-9-19(21(29)27-16-18-10-13-26-14-11-18)15-20(28)8-7-17-5-3-2-4-6-17/h2-6,10-11,13-14,19-20,28H,7-9,12,15-16H2,1H3,(H2,25,30)(H,27,29)/t19-,20+,23?/m1/s1. The fraction of sp³-hybridized carbons (Fsp3) is 0.435. The van der Waals surface area contributed by atoms with Gasteiger partial charge in [0.2, 0.25) is 5.91 Å². The molecule has 0 spiro atoms. The lowest BCUT2D eigenvalue weighted by Crippen LogP contribution is -2.39. The Bertz CT molecular complexity index is 800. The minimum Gasteiger partial charge on any atom is -0.393 e. The molecule has 0 aliphatic carbocycles. The number of hydrogen-bond acceptors (Lipinski definition) is 4. The van der Waals surface area contributed by atoms with Gasteiger partial charge in [-0.3, -0.25) is 14.6 Å². The summed E-state index contributed by atoms with van der Waals surface area (Å²) in [4.78, 5) is 28.0. The largest absolute Gasteiger partial charge is 0.393 e. The van der Waals surface area contributed by atoms with Crippen molar-refractivity contribution >= 4 is 11.8 Å². The lowest BCUT2D eigenvalue weighted by molar-refractivity contribution is -0.131. The van der Waals surface area contributed by atoms with E-state index >= 15 is 0 Å². The van der Waals surface area contributed by atoms with E-state index in [4.69, 9.17) is 5.73 Å². The normalized spacial score (nSPS) is 15.0. The summed E-state index contributed by atoms with van der Waals surface area (Å²) in [5, 5.41) is 13.3. The number of nitrogens with one attached hydrogen (secondary N) is 1. The molecule has 2 rings (SSSR count). The lowest BCUT2D eigenvalue weighted by atomic mass is 9.88.